The minimum absolute atomic E-state index is 0.577. The van der Waals surface area contributed by atoms with E-state index in [4.69, 9.17) is 21.2 Å². The van der Waals surface area contributed by atoms with Gasteiger partial charge in [-0.05, 0) is 60.5 Å². The molecule has 2 rings (SSSR count). The molecule has 0 atom stereocenters. The molecule has 6 heteroatoms. The van der Waals surface area contributed by atoms with Crippen LogP contribution in [0.1, 0.15) is 25.3 Å². The Labute approximate surface area is 146 Å². The van der Waals surface area contributed by atoms with Crippen LogP contribution < -0.4 is 10.1 Å². The molecule has 2 aromatic rings. The number of hydrogen-bond acceptors (Lipinski definition) is 4. The van der Waals surface area contributed by atoms with Gasteiger partial charge in [0.25, 0.3) is 0 Å². The minimum Gasteiger partial charge on any atom is -0.494 e. The zero-order valence-electron chi connectivity index (χ0n) is 13.4. The Kier molecular flexibility index (Phi) is 7.11. The van der Waals surface area contributed by atoms with Gasteiger partial charge in [-0.15, -0.1) is 0 Å². The smallest absolute Gasteiger partial charge is 0.437 e. The van der Waals surface area contributed by atoms with Gasteiger partial charge in [-0.3, -0.25) is 10.2 Å². The summed E-state index contributed by atoms with van der Waals surface area (Å²) in [6.45, 7) is 2.82. The van der Waals surface area contributed by atoms with Crippen LogP contribution in [0.15, 0.2) is 53.7 Å². The summed E-state index contributed by atoms with van der Waals surface area (Å²) >= 11 is 5.77. The topological polar surface area (TPSA) is 59.9 Å². The fourth-order valence-electron chi connectivity index (χ4n) is 1.79. The molecule has 0 saturated carbocycles. The van der Waals surface area contributed by atoms with Crippen LogP contribution in [0, 0.1) is 0 Å². The summed E-state index contributed by atoms with van der Waals surface area (Å²) < 4.78 is 5.57. The highest BCUT2D eigenvalue weighted by Gasteiger charge is 2.02. The van der Waals surface area contributed by atoms with Crippen molar-refractivity contribution in [2.24, 2.45) is 5.16 Å². The third-order valence-corrected chi connectivity index (χ3v) is 3.33. The molecule has 2 aromatic carbocycles. The van der Waals surface area contributed by atoms with Gasteiger partial charge in [0.15, 0.2) is 0 Å². The maximum atomic E-state index is 11.6. The van der Waals surface area contributed by atoms with Crippen molar-refractivity contribution in [1.29, 1.82) is 0 Å². The van der Waals surface area contributed by atoms with Crippen LogP contribution in [0.4, 0.5) is 10.5 Å². The lowest BCUT2D eigenvalue weighted by Gasteiger charge is -2.05. The summed E-state index contributed by atoms with van der Waals surface area (Å²) in [5, 5.41) is 6.79. The first kappa shape index (κ1) is 17.8. The Morgan fingerprint density at radius 3 is 2.54 bits per heavy atom. The van der Waals surface area contributed by atoms with Crippen LogP contribution in [0.2, 0.25) is 5.02 Å². The largest absolute Gasteiger partial charge is 0.494 e. The number of halogens is 1. The third kappa shape index (κ3) is 6.30. The van der Waals surface area contributed by atoms with E-state index in [0.29, 0.717) is 17.3 Å². The van der Waals surface area contributed by atoms with E-state index >= 15 is 0 Å². The van der Waals surface area contributed by atoms with Crippen molar-refractivity contribution in [3.8, 4) is 5.75 Å². The quantitative estimate of drug-likeness (QED) is 0.328. The zero-order chi connectivity index (χ0) is 17.2. The summed E-state index contributed by atoms with van der Waals surface area (Å²) in [6.07, 6.45) is 2.91. The van der Waals surface area contributed by atoms with Crippen LogP contribution in [0.5, 0.6) is 5.75 Å². The number of hydrogen-bond donors (Lipinski definition) is 1. The van der Waals surface area contributed by atoms with E-state index < -0.39 is 6.09 Å². The fraction of sp³-hybridized carbons (Fsp3) is 0.222. The van der Waals surface area contributed by atoms with Crippen molar-refractivity contribution in [1.82, 2.24) is 0 Å². The summed E-state index contributed by atoms with van der Waals surface area (Å²) in [5.41, 5.74) is 1.38. The summed E-state index contributed by atoms with van der Waals surface area (Å²) in [7, 11) is 0. The van der Waals surface area contributed by atoms with Crippen molar-refractivity contribution in [2.45, 2.75) is 19.8 Å². The first-order chi connectivity index (χ1) is 11.7. The molecule has 1 N–H and O–H groups in total. The summed E-state index contributed by atoms with van der Waals surface area (Å²) in [5.74, 6) is 0.807. The number of benzene rings is 2. The zero-order valence-corrected chi connectivity index (χ0v) is 14.1. The molecule has 0 aliphatic carbocycles. The van der Waals surface area contributed by atoms with E-state index in [0.717, 1.165) is 24.2 Å². The van der Waals surface area contributed by atoms with Gasteiger partial charge in [-0.1, -0.05) is 30.1 Å². The van der Waals surface area contributed by atoms with Crippen molar-refractivity contribution < 1.29 is 14.4 Å². The van der Waals surface area contributed by atoms with E-state index in [2.05, 4.69) is 17.4 Å². The van der Waals surface area contributed by atoms with Crippen molar-refractivity contribution >= 4 is 29.6 Å². The molecule has 0 aliphatic rings. The average Bonchev–Trinajstić information content (AvgIpc) is 2.59. The number of anilines is 1. The molecule has 0 spiro atoms. The molecule has 5 nitrogen and oxygen atoms in total. The van der Waals surface area contributed by atoms with Gasteiger partial charge < -0.3 is 4.74 Å². The molecular weight excluding hydrogens is 328 g/mol. The normalized spacial score (nSPS) is 10.6. The molecule has 0 radical (unpaired) electrons. The van der Waals surface area contributed by atoms with Gasteiger partial charge >= 0.3 is 6.09 Å². The molecule has 0 unspecified atom stereocenters. The highest BCUT2D eigenvalue weighted by molar-refractivity contribution is 6.30. The lowest BCUT2D eigenvalue weighted by Crippen LogP contribution is -2.10. The van der Waals surface area contributed by atoms with Crippen LogP contribution in [0.3, 0.4) is 0 Å². The monoisotopic (exact) mass is 346 g/mol. The fourth-order valence-corrected chi connectivity index (χ4v) is 1.92. The molecule has 0 aromatic heterocycles. The van der Waals surface area contributed by atoms with Gasteiger partial charge in [-0.25, -0.2) is 4.79 Å². The first-order valence-electron chi connectivity index (χ1n) is 7.67. The molecular formula is C18H19ClN2O3. The average molecular weight is 347 g/mol. The lowest BCUT2D eigenvalue weighted by atomic mass is 10.2. The Morgan fingerprint density at radius 2 is 1.88 bits per heavy atom. The number of oxime groups is 1. The van der Waals surface area contributed by atoms with E-state index in [-0.39, 0.29) is 0 Å². The van der Waals surface area contributed by atoms with Gasteiger partial charge in [0, 0.05) is 10.7 Å². The summed E-state index contributed by atoms with van der Waals surface area (Å²) in [6, 6.07) is 14.1. The maximum Gasteiger partial charge on any atom is 0.437 e. The van der Waals surface area contributed by atoms with Crippen LogP contribution in [-0.4, -0.2) is 18.9 Å². The first-order valence-corrected chi connectivity index (χ1v) is 8.05. The van der Waals surface area contributed by atoms with Crippen LogP contribution in [-0.2, 0) is 4.84 Å². The van der Waals surface area contributed by atoms with Gasteiger partial charge in [0.05, 0.1) is 12.8 Å². The highest BCUT2D eigenvalue weighted by Crippen LogP contribution is 2.14. The van der Waals surface area contributed by atoms with E-state index in [1.165, 1.54) is 6.21 Å². The van der Waals surface area contributed by atoms with Gasteiger partial charge in [0.2, 0.25) is 0 Å². The number of amides is 1. The molecule has 0 heterocycles. The third-order valence-electron chi connectivity index (χ3n) is 3.07. The van der Waals surface area contributed by atoms with E-state index in [1.807, 2.05) is 24.3 Å². The Morgan fingerprint density at radius 1 is 1.17 bits per heavy atom. The number of nitrogens with one attached hydrogen (secondary N) is 1. The predicted octanol–water partition coefficient (Wildman–Crippen LogP) is 5.10. The SMILES string of the molecule is CCCCOc1ccc(/C=N/OC(=O)Nc2ccc(Cl)cc2)cc1. The molecule has 126 valence electrons. The number of nitrogens with zero attached hydrogens (tertiary/aromatic N) is 1. The Hall–Kier alpha value is -2.53. The van der Waals surface area contributed by atoms with Crippen molar-refractivity contribution in [3.05, 3.63) is 59.1 Å². The van der Waals surface area contributed by atoms with Gasteiger partial charge in [0.1, 0.15) is 5.75 Å². The number of ether oxygens (including phenoxy) is 1. The van der Waals surface area contributed by atoms with E-state index in [1.54, 1.807) is 24.3 Å². The lowest BCUT2D eigenvalue weighted by molar-refractivity contribution is 0.167. The Balaban J connectivity index is 1.78. The molecule has 0 fully saturated rings. The van der Waals surface area contributed by atoms with E-state index in [9.17, 15) is 4.79 Å². The standard InChI is InChI=1S/C18H19ClN2O3/c1-2-3-12-23-17-10-4-14(5-11-17)13-20-24-18(22)21-16-8-6-15(19)7-9-16/h4-11,13H,2-3,12H2,1H3,(H,21,22)/b20-13+. The number of rotatable bonds is 7. The molecule has 0 saturated heterocycles. The molecule has 0 bridgehead atoms. The van der Waals surface area contributed by atoms with Crippen molar-refractivity contribution in [2.75, 3.05) is 11.9 Å². The molecule has 0 aliphatic heterocycles. The maximum absolute atomic E-state index is 11.6. The van der Waals surface area contributed by atoms with Crippen LogP contribution in [0.25, 0.3) is 0 Å². The molecule has 24 heavy (non-hydrogen) atoms. The van der Waals surface area contributed by atoms with Crippen molar-refractivity contribution in [3.63, 3.8) is 0 Å². The molecule has 1 amide bonds. The minimum atomic E-state index is -0.673. The number of carbonyl (C=O) groups excluding carboxylic acids is 1. The second kappa shape index (κ2) is 9.57. The number of carbonyl (C=O) groups is 1. The number of unbranched alkanes of at least 4 members (excludes halogenated alkanes) is 1. The highest BCUT2D eigenvalue weighted by atomic mass is 35.5. The predicted molar refractivity (Wildman–Crippen MR) is 96.0 cm³/mol. The van der Waals surface area contributed by atoms with Crippen LogP contribution >= 0.6 is 11.6 Å². The summed E-state index contributed by atoms with van der Waals surface area (Å²) in [4.78, 5) is 16.3. The van der Waals surface area contributed by atoms with Gasteiger partial charge in [-0.2, -0.15) is 0 Å². The second-order valence-electron chi connectivity index (χ2n) is 5.02. The Bertz CT molecular complexity index is 670. The second-order valence-corrected chi connectivity index (χ2v) is 5.45.